The van der Waals surface area contributed by atoms with Crippen LogP contribution in [0.15, 0.2) is 0 Å². The van der Waals surface area contributed by atoms with Gasteiger partial charge in [-0.15, -0.1) is 0 Å². The van der Waals surface area contributed by atoms with Crippen LogP contribution in [0.5, 0.6) is 0 Å². The second-order valence-electron chi connectivity index (χ2n) is 5.30. The van der Waals surface area contributed by atoms with Gasteiger partial charge in [0.25, 0.3) is 10.2 Å². The third-order valence-electron chi connectivity index (χ3n) is 3.99. The average Bonchev–Trinajstić information content (AvgIpc) is 2.40. The zero-order chi connectivity index (χ0) is 13.9. The number of nitriles is 1. The van der Waals surface area contributed by atoms with Crippen LogP contribution in [-0.4, -0.2) is 67.2 Å². The Morgan fingerprint density at radius 2 is 1.84 bits per heavy atom. The fourth-order valence-corrected chi connectivity index (χ4v) is 4.62. The monoisotopic (exact) mass is 286 g/mol. The maximum atomic E-state index is 12.6. The molecule has 6 nitrogen and oxygen atoms in total. The summed E-state index contributed by atoms with van der Waals surface area (Å²) in [5.41, 5.74) is 0. The molecule has 2 rings (SSSR count). The first kappa shape index (κ1) is 14.7. The molecule has 0 amide bonds. The van der Waals surface area contributed by atoms with E-state index in [1.165, 1.54) is 0 Å². The van der Waals surface area contributed by atoms with E-state index in [2.05, 4.69) is 6.07 Å². The van der Waals surface area contributed by atoms with Crippen LogP contribution < -0.4 is 0 Å². The maximum Gasteiger partial charge on any atom is 0.282 e. The Morgan fingerprint density at radius 1 is 1.16 bits per heavy atom. The first-order valence-corrected chi connectivity index (χ1v) is 8.31. The predicted octanol–water partition coefficient (Wildman–Crippen LogP) is 0.247. The van der Waals surface area contributed by atoms with Crippen LogP contribution in [0, 0.1) is 11.3 Å². The smallest absolute Gasteiger partial charge is 0.282 e. The highest BCUT2D eigenvalue weighted by Gasteiger charge is 2.35. The summed E-state index contributed by atoms with van der Waals surface area (Å²) in [5.74, 6) is 0. The second kappa shape index (κ2) is 6.18. The van der Waals surface area contributed by atoms with Crippen LogP contribution in [0.3, 0.4) is 0 Å². The van der Waals surface area contributed by atoms with E-state index in [0.717, 1.165) is 19.3 Å². The van der Waals surface area contributed by atoms with Crippen LogP contribution in [-0.2, 0) is 10.2 Å². The van der Waals surface area contributed by atoms with E-state index in [9.17, 15) is 8.42 Å². The minimum atomic E-state index is -3.32. The highest BCUT2D eigenvalue weighted by atomic mass is 32.2. The number of piperazine rings is 1. The van der Waals surface area contributed by atoms with Crippen molar-refractivity contribution >= 4 is 10.2 Å². The molecular weight excluding hydrogens is 264 g/mol. The van der Waals surface area contributed by atoms with Crippen molar-refractivity contribution < 1.29 is 8.42 Å². The fraction of sp³-hybridized carbons (Fsp3) is 0.917. The van der Waals surface area contributed by atoms with Crippen molar-refractivity contribution in [3.05, 3.63) is 0 Å². The first-order valence-electron chi connectivity index (χ1n) is 6.92. The Bertz CT molecular complexity index is 437. The zero-order valence-electron chi connectivity index (χ0n) is 11.5. The van der Waals surface area contributed by atoms with E-state index < -0.39 is 10.2 Å². The molecule has 2 heterocycles. The Morgan fingerprint density at radius 3 is 2.42 bits per heavy atom. The van der Waals surface area contributed by atoms with Gasteiger partial charge in [0, 0.05) is 38.8 Å². The zero-order valence-corrected chi connectivity index (χ0v) is 12.3. The molecule has 7 heteroatoms. The Balaban J connectivity index is 1.99. The highest BCUT2D eigenvalue weighted by Crippen LogP contribution is 2.22. The van der Waals surface area contributed by atoms with E-state index >= 15 is 0 Å². The number of piperidine rings is 1. The van der Waals surface area contributed by atoms with Crippen molar-refractivity contribution in [2.75, 3.05) is 39.3 Å². The lowest BCUT2D eigenvalue weighted by atomic mass is 10.1. The van der Waals surface area contributed by atoms with Crippen LogP contribution >= 0.6 is 0 Å². The predicted molar refractivity (Wildman–Crippen MR) is 72.6 cm³/mol. The third kappa shape index (κ3) is 3.26. The van der Waals surface area contributed by atoms with Gasteiger partial charge in [0.15, 0.2) is 0 Å². The lowest BCUT2D eigenvalue weighted by Gasteiger charge is -2.39. The Kier molecular flexibility index (Phi) is 4.79. The molecule has 2 saturated heterocycles. The van der Waals surface area contributed by atoms with E-state index in [4.69, 9.17) is 5.26 Å². The molecule has 1 unspecified atom stereocenters. The summed E-state index contributed by atoms with van der Waals surface area (Å²) >= 11 is 0. The average molecular weight is 286 g/mol. The van der Waals surface area contributed by atoms with Gasteiger partial charge < -0.3 is 0 Å². The summed E-state index contributed by atoms with van der Waals surface area (Å²) in [6.07, 6.45) is 3.02. The van der Waals surface area contributed by atoms with E-state index in [-0.39, 0.29) is 6.04 Å². The third-order valence-corrected chi connectivity index (χ3v) is 6.14. The van der Waals surface area contributed by atoms with Crippen molar-refractivity contribution in [3.63, 3.8) is 0 Å². The minimum Gasteiger partial charge on any atom is -0.288 e. The normalized spacial score (nSPS) is 28.1. The summed E-state index contributed by atoms with van der Waals surface area (Å²) in [6, 6.07) is 2.22. The van der Waals surface area contributed by atoms with Gasteiger partial charge in [-0.3, -0.25) is 4.90 Å². The fourth-order valence-electron chi connectivity index (χ4n) is 2.78. The van der Waals surface area contributed by atoms with Gasteiger partial charge in [0.05, 0.1) is 12.6 Å². The molecule has 1 atom stereocenters. The molecule has 2 aliphatic heterocycles. The SMILES string of the molecule is CC1CCCCN1S(=O)(=O)N1CCN(CC#N)CC1. The molecule has 0 aliphatic carbocycles. The maximum absolute atomic E-state index is 12.6. The molecule has 0 aromatic heterocycles. The molecule has 0 N–H and O–H groups in total. The molecule has 0 saturated carbocycles. The van der Waals surface area contributed by atoms with Crippen LogP contribution in [0.25, 0.3) is 0 Å². The van der Waals surface area contributed by atoms with Crippen molar-refractivity contribution in [1.29, 1.82) is 5.26 Å². The van der Waals surface area contributed by atoms with Gasteiger partial charge in [-0.1, -0.05) is 6.42 Å². The number of hydrogen-bond acceptors (Lipinski definition) is 4. The van der Waals surface area contributed by atoms with Crippen molar-refractivity contribution in [2.45, 2.75) is 32.2 Å². The molecule has 108 valence electrons. The lowest BCUT2D eigenvalue weighted by Crippen LogP contribution is -2.55. The summed E-state index contributed by atoms with van der Waals surface area (Å²) in [4.78, 5) is 1.99. The van der Waals surface area contributed by atoms with Crippen LogP contribution in [0.4, 0.5) is 0 Å². The standard InChI is InChI=1S/C12H22N4O2S/c1-12-4-2-3-6-16(12)19(17,18)15-10-8-14(7-5-13)9-11-15/h12H,2-4,6-11H2,1H3. The number of nitrogens with zero attached hydrogens (tertiary/aromatic N) is 4. The van der Waals surface area contributed by atoms with Gasteiger partial charge >= 0.3 is 0 Å². The number of hydrogen-bond donors (Lipinski definition) is 0. The van der Waals surface area contributed by atoms with E-state index in [0.29, 0.717) is 39.3 Å². The summed E-state index contributed by atoms with van der Waals surface area (Å²) in [7, 11) is -3.32. The topological polar surface area (TPSA) is 67.7 Å². The van der Waals surface area contributed by atoms with Crippen LogP contribution in [0.2, 0.25) is 0 Å². The van der Waals surface area contributed by atoms with Crippen LogP contribution in [0.1, 0.15) is 26.2 Å². The molecule has 0 spiro atoms. The lowest BCUT2D eigenvalue weighted by molar-refractivity contribution is 0.184. The Hall–Kier alpha value is -0.680. The number of rotatable bonds is 3. The Labute approximate surface area is 115 Å². The van der Waals surface area contributed by atoms with E-state index in [1.54, 1.807) is 8.61 Å². The van der Waals surface area contributed by atoms with E-state index in [1.807, 2.05) is 11.8 Å². The first-order chi connectivity index (χ1) is 9.05. The molecular formula is C12H22N4O2S. The molecule has 0 aromatic rings. The molecule has 2 fully saturated rings. The highest BCUT2D eigenvalue weighted by molar-refractivity contribution is 7.86. The van der Waals surface area contributed by atoms with Gasteiger partial charge in [-0.2, -0.15) is 22.3 Å². The summed E-state index contributed by atoms with van der Waals surface area (Å²) in [5, 5.41) is 8.65. The van der Waals surface area contributed by atoms with Gasteiger partial charge in [-0.25, -0.2) is 0 Å². The second-order valence-corrected chi connectivity index (χ2v) is 7.18. The molecule has 0 bridgehead atoms. The molecule has 0 aromatic carbocycles. The van der Waals surface area contributed by atoms with Crippen molar-refractivity contribution in [1.82, 2.24) is 13.5 Å². The molecule has 19 heavy (non-hydrogen) atoms. The van der Waals surface area contributed by atoms with Gasteiger partial charge in [-0.05, 0) is 19.8 Å². The largest absolute Gasteiger partial charge is 0.288 e. The van der Waals surface area contributed by atoms with Gasteiger partial charge in [0.2, 0.25) is 0 Å². The summed E-state index contributed by atoms with van der Waals surface area (Å²) in [6.45, 7) is 5.29. The quantitative estimate of drug-likeness (QED) is 0.697. The molecule has 2 aliphatic rings. The minimum absolute atomic E-state index is 0.107. The molecule has 0 radical (unpaired) electrons. The van der Waals surface area contributed by atoms with Crippen molar-refractivity contribution in [3.8, 4) is 6.07 Å². The van der Waals surface area contributed by atoms with Crippen molar-refractivity contribution in [2.24, 2.45) is 0 Å². The summed E-state index contributed by atoms with van der Waals surface area (Å²) < 4.78 is 28.4. The van der Waals surface area contributed by atoms with Gasteiger partial charge in [0.1, 0.15) is 0 Å².